The Balaban J connectivity index is 2.11. The maximum Gasteiger partial charge on any atom is 0.273 e. The van der Waals surface area contributed by atoms with Crippen LogP contribution in [0, 0.1) is 17.0 Å². The molecule has 0 spiro atoms. The number of hydrogen-bond acceptors (Lipinski definition) is 4. The van der Waals surface area contributed by atoms with Gasteiger partial charge in [-0.1, -0.05) is 24.3 Å². The molecule has 2 aromatic carbocycles. The fraction of sp³-hybridized carbons (Fsp3) is 0.0667. The van der Waals surface area contributed by atoms with Gasteiger partial charge in [-0.05, 0) is 37.3 Å². The van der Waals surface area contributed by atoms with Crippen LogP contribution < -0.4 is 10.6 Å². The summed E-state index contributed by atoms with van der Waals surface area (Å²) in [6.07, 6.45) is 0. The Labute approximate surface area is 132 Å². The minimum absolute atomic E-state index is 0.102. The van der Waals surface area contributed by atoms with E-state index in [1.54, 1.807) is 12.1 Å². The molecule has 22 heavy (non-hydrogen) atoms. The molecule has 1 amide bonds. The number of nitro benzene ring substituents is 1. The maximum atomic E-state index is 12.2. The smallest absolute Gasteiger partial charge is 0.273 e. The number of anilines is 1. The second kappa shape index (κ2) is 6.77. The quantitative estimate of drug-likeness (QED) is 0.517. The number of carbonyl (C=O) groups is 1. The van der Waals surface area contributed by atoms with Gasteiger partial charge in [0.1, 0.15) is 0 Å². The molecule has 0 fully saturated rings. The van der Waals surface area contributed by atoms with Gasteiger partial charge in [-0.15, -0.1) is 0 Å². The van der Waals surface area contributed by atoms with E-state index in [2.05, 4.69) is 10.6 Å². The first kappa shape index (κ1) is 15.6. The zero-order valence-corrected chi connectivity index (χ0v) is 12.5. The number of carbonyl (C=O) groups excluding carboxylic acids is 1. The van der Waals surface area contributed by atoms with Gasteiger partial charge in [-0.2, -0.15) is 0 Å². The average Bonchev–Trinajstić information content (AvgIpc) is 2.47. The van der Waals surface area contributed by atoms with Crippen LogP contribution in [0.2, 0.25) is 0 Å². The highest BCUT2D eigenvalue weighted by Gasteiger charge is 2.18. The maximum absolute atomic E-state index is 12.2. The molecule has 0 bridgehead atoms. The highest BCUT2D eigenvalue weighted by molar-refractivity contribution is 7.80. The molecule has 0 radical (unpaired) electrons. The van der Waals surface area contributed by atoms with E-state index in [0.29, 0.717) is 5.56 Å². The Kier molecular flexibility index (Phi) is 4.80. The number of nitrogens with zero attached hydrogens (tertiary/aromatic N) is 1. The van der Waals surface area contributed by atoms with Crippen molar-refractivity contribution >= 4 is 34.6 Å². The lowest BCUT2D eigenvalue weighted by molar-refractivity contribution is -0.385. The molecule has 2 rings (SSSR count). The minimum atomic E-state index is -0.521. The highest BCUT2D eigenvalue weighted by Crippen LogP contribution is 2.20. The molecule has 0 aliphatic carbocycles. The molecule has 0 aliphatic heterocycles. The molecular weight excluding hydrogens is 302 g/mol. The van der Waals surface area contributed by atoms with Gasteiger partial charge in [0, 0.05) is 22.9 Å². The van der Waals surface area contributed by atoms with Crippen LogP contribution >= 0.6 is 12.2 Å². The standard InChI is InChI=1S/C15H13N3O3S/c1-10-12(8-5-9-13(10)18(20)21)14(19)17-15(22)16-11-6-3-2-4-7-11/h2-9H,1H3,(H2,16,17,19,22). The summed E-state index contributed by atoms with van der Waals surface area (Å²) in [5.41, 5.74) is 1.15. The first-order chi connectivity index (χ1) is 10.5. The summed E-state index contributed by atoms with van der Waals surface area (Å²) in [5.74, 6) is -0.491. The fourth-order valence-corrected chi connectivity index (χ4v) is 2.13. The summed E-state index contributed by atoms with van der Waals surface area (Å²) in [7, 11) is 0. The number of hydrogen-bond donors (Lipinski definition) is 2. The second-order valence-corrected chi connectivity index (χ2v) is 4.89. The van der Waals surface area contributed by atoms with Gasteiger partial charge in [0.2, 0.25) is 0 Å². The van der Waals surface area contributed by atoms with Crippen LogP contribution in [0.15, 0.2) is 48.5 Å². The van der Waals surface area contributed by atoms with Crippen LogP contribution in [0.3, 0.4) is 0 Å². The Hall–Kier alpha value is -2.80. The predicted molar refractivity (Wildman–Crippen MR) is 88.0 cm³/mol. The lowest BCUT2D eigenvalue weighted by atomic mass is 10.1. The fourth-order valence-electron chi connectivity index (χ4n) is 1.92. The summed E-state index contributed by atoms with van der Waals surface area (Å²) < 4.78 is 0. The monoisotopic (exact) mass is 315 g/mol. The number of benzene rings is 2. The normalized spacial score (nSPS) is 9.86. The van der Waals surface area contributed by atoms with Gasteiger partial charge >= 0.3 is 0 Å². The van der Waals surface area contributed by atoms with E-state index in [1.165, 1.54) is 25.1 Å². The van der Waals surface area contributed by atoms with E-state index >= 15 is 0 Å². The molecule has 0 unspecified atom stereocenters. The van der Waals surface area contributed by atoms with Gasteiger partial charge in [-0.3, -0.25) is 20.2 Å². The molecule has 0 aliphatic rings. The zero-order valence-electron chi connectivity index (χ0n) is 11.7. The topological polar surface area (TPSA) is 84.3 Å². The lowest BCUT2D eigenvalue weighted by Gasteiger charge is -2.10. The van der Waals surface area contributed by atoms with Crippen molar-refractivity contribution in [3.05, 3.63) is 69.8 Å². The van der Waals surface area contributed by atoms with Crippen molar-refractivity contribution in [3.63, 3.8) is 0 Å². The van der Waals surface area contributed by atoms with E-state index in [0.717, 1.165) is 5.69 Å². The van der Waals surface area contributed by atoms with Gasteiger partial charge in [0.25, 0.3) is 11.6 Å². The molecule has 112 valence electrons. The van der Waals surface area contributed by atoms with E-state index < -0.39 is 10.8 Å². The van der Waals surface area contributed by atoms with E-state index in [1.807, 2.05) is 18.2 Å². The number of amides is 1. The van der Waals surface area contributed by atoms with Crippen molar-refractivity contribution in [1.29, 1.82) is 0 Å². The van der Waals surface area contributed by atoms with E-state index in [4.69, 9.17) is 12.2 Å². The second-order valence-electron chi connectivity index (χ2n) is 4.48. The number of para-hydroxylation sites is 1. The zero-order chi connectivity index (χ0) is 16.1. The molecular formula is C15H13N3O3S. The van der Waals surface area contributed by atoms with Crippen LogP contribution in [-0.4, -0.2) is 15.9 Å². The Morgan fingerprint density at radius 3 is 2.45 bits per heavy atom. The first-order valence-electron chi connectivity index (χ1n) is 6.40. The molecule has 0 heterocycles. The lowest BCUT2D eigenvalue weighted by Crippen LogP contribution is -2.34. The van der Waals surface area contributed by atoms with Gasteiger partial charge in [-0.25, -0.2) is 0 Å². The van der Waals surface area contributed by atoms with Crippen molar-refractivity contribution in [1.82, 2.24) is 5.32 Å². The molecule has 0 aromatic heterocycles. The molecule has 0 saturated heterocycles. The third-order valence-corrected chi connectivity index (χ3v) is 3.21. The summed E-state index contributed by atoms with van der Waals surface area (Å²) in [6.45, 7) is 1.53. The molecule has 7 heteroatoms. The molecule has 2 aromatic rings. The van der Waals surface area contributed by atoms with E-state index in [9.17, 15) is 14.9 Å². The van der Waals surface area contributed by atoms with Gasteiger partial charge < -0.3 is 5.32 Å². The van der Waals surface area contributed by atoms with Crippen LogP contribution in [0.25, 0.3) is 0 Å². The van der Waals surface area contributed by atoms with Crippen molar-refractivity contribution < 1.29 is 9.72 Å². The van der Waals surface area contributed by atoms with Crippen molar-refractivity contribution in [3.8, 4) is 0 Å². The Bertz CT molecular complexity index is 732. The highest BCUT2D eigenvalue weighted by atomic mass is 32.1. The SMILES string of the molecule is Cc1c(C(=O)NC(=S)Nc2ccccc2)cccc1[N+](=O)[O-]. The van der Waals surface area contributed by atoms with Crippen LogP contribution in [0.1, 0.15) is 15.9 Å². The summed E-state index contributed by atoms with van der Waals surface area (Å²) in [4.78, 5) is 22.6. The Morgan fingerprint density at radius 2 is 1.82 bits per heavy atom. The van der Waals surface area contributed by atoms with Gasteiger partial charge in [0.15, 0.2) is 5.11 Å². The molecule has 6 nitrogen and oxygen atoms in total. The summed E-state index contributed by atoms with van der Waals surface area (Å²) in [6, 6.07) is 13.5. The third kappa shape index (κ3) is 3.64. The number of thiocarbonyl (C=S) groups is 1. The van der Waals surface area contributed by atoms with E-state index in [-0.39, 0.29) is 16.4 Å². The minimum Gasteiger partial charge on any atom is -0.332 e. The predicted octanol–water partition coefficient (Wildman–Crippen LogP) is 3.03. The van der Waals surface area contributed by atoms with Crippen molar-refractivity contribution in [2.45, 2.75) is 6.92 Å². The summed E-state index contributed by atoms with van der Waals surface area (Å²) in [5, 5.41) is 16.4. The third-order valence-electron chi connectivity index (χ3n) is 3.01. The first-order valence-corrected chi connectivity index (χ1v) is 6.81. The number of nitro groups is 1. The van der Waals surface area contributed by atoms with Crippen LogP contribution in [0.4, 0.5) is 11.4 Å². The van der Waals surface area contributed by atoms with Crippen LogP contribution in [-0.2, 0) is 0 Å². The summed E-state index contributed by atoms with van der Waals surface area (Å²) >= 11 is 5.06. The van der Waals surface area contributed by atoms with Crippen molar-refractivity contribution in [2.24, 2.45) is 0 Å². The molecule has 0 saturated carbocycles. The van der Waals surface area contributed by atoms with Gasteiger partial charge in [0.05, 0.1) is 4.92 Å². The largest absolute Gasteiger partial charge is 0.332 e. The number of rotatable bonds is 3. The van der Waals surface area contributed by atoms with Crippen LogP contribution in [0.5, 0.6) is 0 Å². The number of nitrogens with one attached hydrogen (secondary N) is 2. The van der Waals surface area contributed by atoms with Crippen molar-refractivity contribution in [2.75, 3.05) is 5.32 Å². The average molecular weight is 315 g/mol. The Morgan fingerprint density at radius 1 is 1.14 bits per heavy atom. The molecule has 2 N–H and O–H groups in total. The molecule has 0 atom stereocenters.